The molecule has 1 aliphatic rings. The normalized spacial score (nSPS) is 19.4. The van der Waals surface area contributed by atoms with Crippen LogP contribution >= 0.6 is 0 Å². The monoisotopic (exact) mass is 279 g/mol. The van der Waals surface area contributed by atoms with Gasteiger partial charge in [0.2, 0.25) is 0 Å². The molecule has 0 saturated carbocycles. The van der Waals surface area contributed by atoms with Gasteiger partial charge in [-0.2, -0.15) is 0 Å². The van der Waals surface area contributed by atoms with Gasteiger partial charge >= 0.3 is 0 Å². The summed E-state index contributed by atoms with van der Waals surface area (Å²) in [6, 6.07) is 2.53. The SMILES string of the molecule is CC(C)NCc1ccnc(N2CCCC2C(C)C)c1F. The van der Waals surface area contributed by atoms with Crippen LogP contribution < -0.4 is 10.2 Å². The summed E-state index contributed by atoms with van der Waals surface area (Å²) >= 11 is 0. The van der Waals surface area contributed by atoms with Crippen LogP contribution in [0.4, 0.5) is 10.2 Å². The fourth-order valence-electron chi connectivity index (χ4n) is 2.87. The van der Waals surface area contributed by atoms with Crippen LogP contribution in [0.25, 0.3) is 0 Å². The molecular weight excluding hydrogens is 253 g/mol. The Morgan fingerprint density at radius 3 is 2.80 bits per heavy atom. The Kier molecular flexibility index (Phi) is 4.97. The molecule has 0 radical (unpaired) electrons. The summed E-state index contributed by atoms with van der Waals surface area (Å²) in [7, 11) is 0. The Balaban J connectivity index is 2.21. The van der Waals surface area contributed by atoms with E-state index in [1.165, 1.54) is 0 Å². The minimum absolute atomic E-state index is 0.159. The number of hydrogen-bond donors (Lipinski definition) is 1. The first-order valence-corrected chi connectivity index (χ1v) is 7.64. The number of nitrogens with zero attached hydrogens (tertiary/aromatic N) is 2. The van der Waals surface area contributed by atoms with E-state index in [2.05, 4.69) is 42.9 Å². The minimum atomic E-state index is -0.159. The highest BCUT2D eigenvalue weighted by Gasteiger charge is 2.30. The molecule has 1 saturated heterocycles. The standard InChI is InChI=1S/C16H26FN3/c1-11(2)14-6-5-9-20(14)16-15(17)13(7-8-18-16)10-19-12(3)4/h7-8,11-12,14,19H,5-6,9-10H2,1-4H3. The van der Waals surface area contributed by atoms with Crippen LogP contribution in [0.5, 0.6) is 0 Å². The summed E-state index contributed by atoms with van der Waals surface area (Å²) in [6.45, 7) is 9.99. The second-order valence-electron chi connectivity index (χ2n) is 6.29. The number of aromatic nitrogens is 1. The number of anilines is 1. The first-order valence-electron chi connectivity index (χ1n) is 7.64. The van der Waals surface area contributed by atoms with Gasteiger partial charge in [0.15, 0.2) is 11.6 Å². The Morgan fingerprint density at radius 2 is 2.15 bits per heavy atom. The van der Waals surface area contributed by atoms with Crippen LogP contribution in [0, 0.1) is 11.7 Å². The van der Waals surface area contributed by atoms with Crippen molar-refractivity contribution in [2.24, 2.45) is 5.92 Å². The average molecular weight is 279 g/mol. The molecular formula is C16H26FN3. The zero-order valence-electron chi connectivity index (χ0n) is 13.0. The first-order chi connectivity index (χ1) is 9.50. The summed E-state index contributed by atoms with van der Waals surface area (Å²) in [6.07, 6.45) is 3.98. The highest BCUT2D eigenvalue weighted by molar-refractivity contribution is 5.45. The maximum Gasteiger partial charge on any atom is 0.170 e. The van der Waals surface area contributed by atoms with Crippen molar-refractivity contribution in [1.29, 1.82) is 0 Å². The zero-order valence-corrected chi connectivity index (χ0v) is 13.0. The third-order valence-electron chi connectivity index (χ3n) is 3.99. The van der Waals surface area contributed by atoms with E-state index >= 15 is 0 Å². The van der Waals surface area contributed by atoms with Gasteiger partial charge < -0.3 is 10.2 Å². The van der Waals surface area contributed by atoms with Crippen molar-refractivity contribution in [3.8, 4) is 0 Å². The van der Waals surface area contributed by atoms with Crippen molar-refractivity contribution in [3.63, 3.8) is 0 Å². The number of hydrogen-bond acceptors (Lipinski definition) is 3. The molecule has 4 heteroatoms. The highest BCUT2D eigenvalue weighted by atomic mass is 19.1. The molecule has 0 amide bonds. The number of rotatable bonds is 5. The molecule has 0 aromatic carbocycles. The third-order valence-corrected chi connectivity index (χ3v) is 3.99. The molecule has 112 valence electrons. The molecule has 1 atom stereocenters. The largest absolute Gasteiger partial charge is 0.351 e. The van der Waals surface area contributed by atoms with E-state index in [1.807, 2.05) is 0 Å². The van der Waals surface area contributed by atoms with Gasteiger partial charge in [-0.3, -0.25) is 0 Å². The molecule has 1 aromatic rings. The van der Waals surface area contributed by atoms with Gasteiger partial charge in [-0.1, -0.05) is 27.7 Å². The molecule has 20 heavy (non-hydrogen) atoms. The average Bonchev–Trinajstić information content (AvgIpc) is 2.86. The maximum atomic E-state index is 14.7. The molecule has 2 rings (SSSR count). The van der Waals surface area contributed by atoms with Gasteiger partial charge in [0.25, 0.3) is 0 Å². The Labute approximate surface area is 121 Å². The molecule has 1 unspecified atom stereocenters. The van der Waals surface area contributed by atoms with Gasteiger partial charge in [0.05, 0.1) is 0 Å². The molecule has 1 aromatic heterocycles. The van der Waals surface area contributed by atoms with Crippen LogP contribution in [0.2, 0.25) is 0 Å². The van der Waals surface area contributed by atoms with Crippen molar-refractivity contribution in [2.45, 2.75) is 59.2 Å². The summed E-state index contributed by atoms with van der Waals surface area (Å²) in [5.74, 6) is 0.897. The maximum absolute atomic E-state index is 14.7. The number of halogens is 1. The fourth-order valence-corrected chi connectivity index (χ4v) is 2.87. The molecule has 3 nitrogen and oxygen atoms in total. The molecule has 0 spiro atoms. The van der Waals surface area contributed by atoms with E-state index in [4.69, 9.17) is 0 Å². The van der Waals surface area contributed by atoms with Gasteiger partial charge in [-0.05, 0) is 24.8 Å². The Bertz CT molecular complexity index is 445. The van der Waals surface area contributed by atoms with Crippen molar-refractivity contribution in [3.05, 3.63) is 23.6 Å². The minimum Gasteiger partial charge on any atom is -0.351 e. The van der Waals surface area contributed by atoms with E-state index in [0.29, 0.717) is 35.9 Å². The molecule has 1 aliphatic heterocycles. The number of nitrogens with one attached hydrogen (secondary N) is 1. The molecule has 1 fully saturated rings. The van der Waals surface area contributed by atoms with Crippen molar-refractivity contribution in [2.75, 3.05) is 11.4 Å². The second-order valence-corrected chi connectivity index (χ2v) is 6.29. The van der Waals surface area contributed by atoms with E-state index in [-0.39, 0.29) is 5.82 Å². The van der Waals surface area contributed by atoms with Crippen molar-refractivity contribution in [1.82, 2.24) is 10.3 Å². The van der Waals surface area contributed by atoms with E-state index in [0.717, 1.165) is 19.4 Å². The van der Waals surface area contributed by atoms with Gasteiger partial charge in [-0.25, -0.2) is 9.37 Å². The van der Waals surface area contributed by atoms with Gasteiger partial charge in [-0.15, -0.1) is 0 Å². The van der Waals surface area contributed by atoms with Crippen LogP contribution in [-0.4, -0.2) is 23.6 Å². The zero-order chi connectivity index (χ0) is 14.7. The molecule has 1 N–H and O–H groups in total. The Morgan fingerprint density at radius 1 is 1.40 bits per heavy atom. The van der Waals surface area contributed by atoms with E-state index < -0.39 is 0 Å². The van der Waals surface area contributed by atoms with Crippen LogP contribution in [-0.2, 0) is 6.54 Å². The first kappa shape index (κ1) is 15.2. The lowest BCUT2D eigenvalue weighted by atomic mass is 10.0. The van der Waals surface area contributed by atoms with E-state index in [9.17, 15) is 4.39 Å². The van der Waals surface area contributed by atoms with Crippen molar-refractivity contribution >= 4 is 5.82 Å². The molecule has 0 bridgehead atoms. The highest BCUT2D eigenvalue weighted by Crippen LogP contribution is 2.30. The predicted octanol–water partition coefficient (Wildman–Crippen LogP) is 3.34. The molecule has 0 aliphatic carbocycles. The van der Waals surface area contributed by atoms with E-state index in [1.54, 1.807) is 12.3 Å². The van der Waals surface area contributed by atoms with Crippen LogP contribution in [0.3, 0.4) is 0 Å². The van der Waals surface area contributed by atoms with Crippen LogP contribution in [0.15, 0.2) is 12.3 Å². The molecule has 2 heterocycles. The smallest absolute Gasteiger partial charge is 0.170 e. The second kappa shape index (κ2) is 6.53. The van der Waals surface area contributed by atoms with Gasteiger partial charge in [0, 0.05) is 36.9 Å². The summed E-state index contributed by atoms with van der Waals surface area (Å²) in [5.41, 5.74) is 0.707. The lowest BCUT2D eigenvalue weighted by Crippen LogP contribution is -2.35. The summed E-state index contributed by atoms with van der Waals surface area (Å²) in [4.78, 5) is 6.46. The van der Waals surface area contributed by atoms with Crippen molar-refractivity contribution < 1.29 is 4.39 Å². The Hall–Kier alpha value is -1.16. The quantitative estimate of drug-likeness (QED) is 0.896. The van der Waals surface area contributed by atoms with Crippen LogP contribution in [0.1, 0.15) is 46.1 Å². The third kappa shape index (κ3) is 3.29. The predicted molar refractivity (Wildman–Crippen MR) is 81.4 cm³/mol. The fraction of sp³-hybridized carbons (Fsp3) is 0.688. The lowest BCUT2D eigenvalue weighted by Gasteiger charge is -2.29. The summed E-state index contributed by atoms with van der Waals surface area (Å²) < 4.78 is 14.7. The summed E-state index contributed by atoms with van der Waals surface area (Å²) in [5, 5.41) is 3.27. The topological polar surface area (TPSA) is 28.2 Å². The lowest BCUT2D eigenvalue weighted by molar-refractivity contribution is 0.479. The van der Waals surface area contributed by atoms with Gasteiger partial charge in [0.1, 0.15) is 0 Å². The number of pyridine rings is 1.